The van der Waals surface area contributed by atoms with Gasteiger partial charge in [0.1, 0.15) is 0 Å². The fourth-order valence-corrected chi connectivity index (χ4v) is 2.62. The van der Waals surface area contributed by atoms with Crippen LogP contribution in [0, 0.1) is 6.92 Å². The van der Waals surface area contributed by atoms with E-state index in [0.29, 0.717) is 6.04 Å². The zero-order valence-corrected chi connectivity index (χ0v) is 13.2. The largest absolute Gasteiger partial charge is 0.385 e. The van der Waals surface area contributed by atoms with Crippen molar-refractivity contribution in [3.63, 3.8) is 0 Å². The van der Waals surface area contributed by atoms with Gasteiger partial charge in [-0.25, -0.2) is 0 Å². The summed E-state index contributed by atoms with van der Waals surface area (Å²) in [5, 5.41) is 3.63. The standard InChI is InChI=1S/C15H24BrNO/c1-4-9-17-15(6-5-10-18-3)14-8-7-13(16)11-12(14)2/h7-8,11,15,17H,4-6,9-10H2,1-3H3. The second kappa shape index (κ2) is 8.68. The summed E-state index contributed by atoms with van der Waals surface area (Å²) in [5.41, 5.74) is 2.75. The van der Waals surface area contributed by atoms with E-state index in [2.05, 4.69) is 53.3 Å². The van der Waals surface area contributed by atoms with E-state index in [4.69, 9.17) is 4.74 Å². The van der Waals surface area contributed by atoms with E-state index in [9.17, 15) is 0 Å². The highest BCUT2D eigenvalue weighted by atomic mass is 79.9. The van der Waals surface area contributed by atoms with Crippen LogP contribution in [0.2, 0.25) is 0 Å². The first-order valence-electron chi connectivity index (χ1n) is 6.67. The number of nitrogens with one attached hydrogen (secondary N) is 1. The van der Waals surface area contributed by atoms with Crippen LogP contribution in [-0.4, -0.2) is 20.3 Å². The number of benzene rings is 1. The summed E-state index contributed by atoms with van der Waals surface area (Å²) in [5.74, 6) is 0. The Morgan fingerprint density at radius 1 is 1.39 bits per heavy atom. The van der Waals surface area contributed by atoms with E-state index < -0.39 is 0 Å². The Morgan fingerprint density at radius 2 is 2.17 bits per heavy atom. The molecule has 1 atom stereocenters. The fraction of sp³-hybridized carbons (Fsp3) is 0.600. The molecule has 0 amide bonds. The molecule has 0 heterocycles. The van der Waals surface area contributed by atoms with Crippen LogP contribution < -0.4 is 5.32 Å². The summed E-state index contributed by atoms with van der Waals surface area (Å²) >= 11 is 3.52. The third-order valence-electron chi connectivity index (χ3n) is 3.09. The van der Waals surface area contributed by atoms with E-state index in [1.807, 2.05) is 0 Å². The van der Waals surface area contributed by atoms with Crippen molar-refractivity contribution in [2.45, 2.75) is 39.2 Å². The van der Waals surface area contributed by atoms with Crippen molar-refractivity contribution < 1.29 is 4.74 Å². The molecule has 0 aliphatic rings. The molecule has 1 aromatic rings. The number of ether oxygens (including phenoxy) is 1. The van der Waals surface area contributed by atoms with Gasteiger partial charge < -0.3 is 10.1 Å². The molecule has 0 aliphatic carbocycles. The summed E-state index contributed by atoms with van der Waals surface area (Å²) in [4.78, 5) is 0. The van der Waals surface area contributed by atoms with E-state index >= 15 is 0 Å². The van der Waals surface area contributed by atoms with E-state index in [1.165, 1.54) is 11.1 Å². The van der Waals surface area contributed by atoms with Gasteiger partial charge in [-0.05, 0) is 56.0 Å². The zero-order valence-electron chi connectivity index (χ0n) is 11.6. The maximum atomic E-state index is 5.15. The quantitative estimate of drug-likeness (QED) is 0.725. The van der Waals surface area contributed by atoms with Crippen LogP contribution in [0.25, 0.3) is 0 Å². The molecule has 18 heavy (non-hydrogen) atoms. The van der Waals surface area contributed by atoms with Crippen molar-refractivity contribution in [3.05, 3.63) is 33.8 Å². The van der Waals surface area contributed by atoms with Crippen molar-refractivity contribution in [2.75, 3.05) is 20.3 Å². The minimum Gasteiger partial charge on any atom is -0.385 e. The molecule has 0 aliphatic heterocycles. The topological polar surface area (TPSA) is 21.3 Å². The Hall–Kier alpha value is -0.380. The third-order valence-corrected chi connectivity index (χ3v) is 3.58. The zero-order chi connectivity index (χ0) is 13.4. The normalized spacial score (nSPS) is 12.7. The van der Waals surface area contributed by atoms with Gasteiger partial charge in [0, 0.05) is 24.2 Å². The Balaban J connectivity index is 2.73. The molecule has 1 unspecified atom stereocenters. The van der Waals surface area contributed by atoms with E-state index in [-0.39, 0.29) is 0 Å². The molecule has 102 valence electrons. The van der Waals surface area contributed by atoms with Crippen LogP contribution in [-0.2, 0) is 4.74 Å². The molecule has 0 fully saturated rings. The van der Waals surface area contributed by atoms with Crippen LogP contribution >= 0.6 is 15.9 Å². The minimum atomic E-state index is 0.438. The number of rotatable bonds is 8. The van der Waals surface area contributed by atoms with E-state index in [1.54, 1.807) is 7.11 Å². The number of methoxy groups -OCH3 is 1. The highest BCUT2D eigenvalue weighted by Crippen LogP contribution is 2.25. The summed E-state index contributed by atoms with van der Waals surface area (Å²) in [7, 11) is 1.76. The van der Waals surface area contributed by atoms with Crippen molar-refractivity contribution in [3.8, 4) is 0 Å². The van der Waals surface area contributed by atoms with Crippen molar-refractivity contribution >= 4 is 15.9 Å². The van der Waals surface area contributed by atoms with Gasteiger partial charge in [-0.3, -0.25) is 0 Å². The molecule has 1 aromatic carbocycles. The molecule has 0 radical (unpaired) electrons. The second-order valence-corrected chi connectivity index (χ2v) is 5.56. The lowest BCUT2D eigenvalue weighted by atomic mass is 9.97. The maximum Gasteiger partial charge on any atom is 0.0462 e. The van der Waals surface area contributed by atoms with Crippen molar-refractivity contribution in [1.29, 1.82) is 0 Å². The van der Waals surface area contributed by atoms with Gasteiger partial charge in [0.2, 0.25) is 0 Å². The lowest BCUT2D eigenvalue weighted by Crippen LogP contribution is -2.23. The highest BCUT2D eigenvalue weighted by Gasteiger charge is 2.12. The summed E-state index contributed by atoms with van der Waals surface area (Å²) < 4.78 is 6.29. The maximum absolute atomic E-state index is 5.15. The molecule has 1 rings (SSSR count). The number of hydrogen-bond acceptors (Lipinski definition) is 2. The molecule has 0 aromatic heterocycles. The molecule has 3 heteroatoms. The Labute approximate surface area is 119 Å². The average Bonchev–Trinajstić information content (AvgIpc) is 2.34. The minimum absolute atomic E-state index is 0.438. The van der Waals surface area contributed by atoms with Gasteiger partial charge in [0.05, 0.1) is 0 Å². The molecular formula is C15H24BrNO. The molecular weight excluding hydrogens is 290 g/mol. The van der Waals surface area contributed by atoms with Gasteiger partial charge in [-0.15, -0.1) is 0 Å². The predicted molar refractivity (Wildman–Crippen MR) is 81.0 cm³/mol. The molecule has 0 saturated carbocycles. The van der Waals surface area contributed by atoms with E-state index in [0.717, 1.165) is 36.9 Å². The SMILES string of the molecule is CCCNC(CCCOC)c1ccc(Br)cc1C. The first-order valence-corrected chi connectivity index (χ1v) is 7.46. The van der Waals surface area contributed by atoms with Crippen LogP contribution in [0.1, 0.15) is 43.4 Å². The average molecular weight is 314 g/mol. The first-order chi connectivity index (χ1) is 8.69. The fourth-order valence-electron chi connectivity index (χ4n) is 2.15. The lowest BCUT2D eigenvalue weighted by molar-refractivity contribution is 0.188. The third kappa shape index (κ3) is 5.09. The molecule has 2 nitrogen and oxygen atoms in total. The number of hydrogen-bond donors (Lipinski definition) is 1. The summed E-state index contributed by atoms with van der Waals surface area (Å²) in [6, 6.07) is 6.97. The van der Waals surface area contributed by atoms with Gasteiger partial charge in [0.15, 0.2) is 0 Å². The predicted octanol–water partition coefficient (Wildman–Crippen LogP) is 4.22. The molecule has 1 N–H and O–H groups in total. The van der Waals surface area contributed by atoms with Gasteiger partial charge in [-0.1, -0.05) is 28.9 Å². The molecule has 0 bridgehead atoms. The highest BCUT2D eigenvalue weighted by molar-refractivity contribution is 9.10. The molecule has 0 spiro atoms. The molecule has 0 saturated heterocycles. The number of aryl methyl sites for hydroxylation is 1. The van der Waals surface area contributed by atoms with Crippen LogP contribution in [0.5, 0.6) is 0 Å². The monoisotopic (exact) mass is 313 g/mol. The summed E-state index contributed by atoms with van der Waals surface area (Å²) in [6.45, 7) is 6.28. The number of halogens is 1. The van der Waals surface area contributed by atoms with Crippen LogP contribution in [0.15, 0.2) is 22.7 Å². The van der Waals surface area contributed by atoms with Gasteiger partial charge in [0.25, 0.3) is 0 Å². The lowest BCUT2D eigenvalue weighted by Gasteiger charge is -2.21. The Morgan fingerprint density at radius 3 is 2.78 bits per heavy atom. The smallest absolute Gasteiger partial charge is 0.0462 e. The van der Waals surface area contributed by atoms with Gasteiger partial charge >= 0.3 is 0 Å². The first kappa shape index (κ1) is 15.7. The van der Waals surface area contributed by atoms with Crippen molar-refractivity contribution in [2.24, 2.45) is 0 Å². The van der Waals surface area contributed by atoms with Gasteiger partial charge in [-0.2, -0.15) is 0 Å². The Bertz CT molecular complexity index is 354. The summed E-state index contributed by atoms with van der Waals surface area (Å²) in [6.07, 6.45) is 3.38. The van der Waals surface area contributed by atoms with Crippen molar-refractivity contribution in [1.82, 2.24) is 5.32 Å². The Kier molecular flexibility index (Phi) is 7.56. The second-order valence-electron chi connectivity index (χ2n) is 4.64. The van der Waals surface area contributed by atoms with Crippen LogP contribution in [0.4, 0.5) is 0 Å². The van der Waals surface area contributed by atoms with Crippen LogP contribution in [0.3, 0.4) is 0 Å².